The molecule has 1 aromatic rings. The number of hydrogen-bond acceptors (Lipinski definition) is 1. The average molecular weight is 234 g/mol. The SMILES string of the molecule is C[N+](C)(CCC=Cc1ccccc1)CCCO. The molecule has 0 aliphatic rings. The first kappa shape index (κ1) is 13.9. The third-order valence-corrected chi connectivity index (χ3v) is 2.93. The van der Waals surface area contributed by atoms with Crippen LogP contribution >= 0.6 is 0 Å². The van der Waals surface area contributed by atoms with Crippen molar-refractivity contribution < 1.29 is 9.59 Å². The second-order valence-corrected chi connectivity index (χ2v) is 5.06. The van der Waals surface area contributed by atoms with Crippen LogP contribution < -0.4 is 0 Å². The van der Waals surface area contributed by atoms with Crippen LogP contribution in [0.2, 0.25) is 0 Å². The minimum atomic E-state index is 0.293. The number of aliphatic hydroxyl groups excluding tert-OH is 1. The van der Waals surface area contributed by atoms with Crippen molar-refractivity contribution in [2.45, 2.75) is 12.8 Å². The summed E-state index contributed by atoms with van der Waals surface area (Å²) in [7, 11) is 4.43. The van der Waals surface area contributed by atoms with Crippen LogP contribution in [-0.4, -0.2) is 43.4 Å². The summed E-state index contributed by atoms with van der Waals surface area (Å²) in [5.74, 6) is 0. The number of hydrogen-bond donors (Lipinski definition) is 1. The fraction of sp³-hybridized carbons (Fsp3) is 0.467. The molecule has 0 unspecified atom stereocenters. The minimum absolute atomic E-state index is 0.293. The predicted octanol–water partition coefficient (Wildman–Crippen LogP) is 2.55. The lowest BCUT2D eigenvalue weighted by atomic mass is 10.2. The quantitative estimate of drug-likeness (QED) is 0.719. The highest BCUT2D eigenvalue weighted by Gasteiger charge is 2.12. The van der Waals surface area contributed by atoms with Crippen molar-refractivity contribution >= 4 is 6.08 Å². The van der Waals surface area contributed by atoms with E-state index in [9.17, 15) is 0 Å². The zero-order valence-electron chi connectivity index (χ0n) is 11.0. The van der Waals surface area contributed by atoms with E-state index in [-0.39, 0.29) is 0 Å². The van der Waals surface area contributed by atoms with Crippen LogP contribution in [-0.2, 0) is 0 Å². The highest BCUT2D eigenvalue weighted by Crippen LogP contribution is 2.05. The number of benzene rings is 1. The Balaban J connectivity index is 2.29. The summed E-state index contributed by atoms with van der Waals surface area (Å²) in [6.45, 7) is 2.44. The predicted molar refractivity (Wildman–Crippen MR) is 73.6 cm³/mol. The zero-order chi connectivity index (χ0) is 12.6. The van der Waals surface area contributed by atoms with E-state index in [0.717, 1.165) is 30.4 Å². The summed E-state index contributed by atoms with van der Waals surface area (Å²) in [4.78, 5) is 0. The van der Waals surface area contributed by atoms with Crippen molar-refractivity contribution in [1.82, 2.24) is 0 Å². The van der Waals surface area contributed by atoms with E-state index in [4.69, 9.17) is 5.11 Å². The first-order valence-corrected chi connectivity index (χ1v) is 6.28. The van der Waals surface area contributed by atoms with Gasteiger partial charge in [0.1, 0.15) is 0 Å². The fourth-order valence-corrected chi connectivity index (χ4v) is 1.82. The van der Waals surface area contributed by atoms with E-state index in [1.807, 2.05) is 6.07 Å². The van der Waals surface area contributed by atoms with Crippen LogP contribution in [0.1, 0.15) is 18.4 Å². The van der Waals surface area contributed by atoms with Crippen LogP contribution in [0, 0.1) is 0 Å². The Labute approximate surface area is 105 Å². The fourth-order valence-electron chi connectivity index (χ4n) is 1.82. The molecule has 0 radical (unpaired) electrons. The first-order valence-electron chi connectivity index (χ1n) is 6.28. The number of quaternary nitrogens is 1. The lowest BCUT2D eigenvalue weighted by Gasteiger charge is -2.29. The normalized spacial score (nSPS) is 12.2. The highest BCUT2D eigenvalue weighted by atomic mass is 16.3. The maximum atomic E-state index is 8.83. The van der Waals surface area contributed by atoms with E-state index in [1.54, 1.807) is 0 Å². The molecule has 17 heavy (non-hydrogen) atoms. The van der Waals surface area contributed by atoms with Crippen molar-refractivity contribution in [2.75, 3.05) is 33.8 Å². The van der Waals surface area contributed by atoms with Gasteiger partial charge in [-0.15, -0.1) is 0 Å². The molecule has 0 spiro atoms. The topological polar surface area (TPSA) is 20.2 Å². The van der Waals surface area contributed by atoms with Crippen molar-refractivity contribution in [3.8, 4) is 0 Å². The Bertz CT molecular complexity index is 330. The molecule has 0 aromatic heterocycles. The van der Waals surface area contributed by atoms with Gasteiger partial charge in [-0.2, -0.15) is 0 Å². The van der Waals surface area contributed by atoms with Gasteiger partial charge in [-0.3, -0.25) is 0 Å². The van der Waals surface area contributed by atoms with Gasteiger partial charge in [0, 0.05) is 19.4 Å². The number of aliphatic hydroxyl groups is 1. The Hall–Kier alpha value is -1.12. The van der Waals surface area contributed by atoms with Crippen molar-refractivity contribution in [1.29, 1.82) is 0 Å². The molecular weight excluding hydrogens is 210 g/mol. The van der Waals surface area contributed by atoms with Crippen molar-refractivity contribution in [3.63, 3.8) is 0 Å². The summed E-state index contributed by atoms with van der Waals surface area (Å²) >= 11 is 0. The molecule has 0 amide bonds. The molecule has 1 N–H and O–H groups in total. The molecule has 1 rings (SSSR count). The Morgan fingerprint density at radius 3 is 2.47 bits per heavy atom. The van der Waals surface area contributed by atoms with Crippen molar-refractivity contribution in [2.24, 2.45) is 0 Å². The molecule has 0 aliphatic carbocycles. The summed E-state index contributed by atoms with van der Waals surface area (Å²) in [5, 5.41) is 8.83. The molecule has 0 saturated heterocycles. The molecule has 2 heteroatoms. The number of nitrogens with zero attached hydrogens (tertiary/aromatic N) is 1. The van der Waals surface area contributed by atoms with Crippen LogP contribution in [0.15, 0.2) is 36.4 Å². The first-order chi connectivity index (χ1) is 8.14. The van der Waals surface area contributed by atoms with Gasteiger partial charge in [0.15, 0.2) is 0 Å². The Morgan fingerprint density at radius 2 is 1.82 bits per heavy atom. The molecule has 0 heterocycles. The minimum Gasteiger partial charge on any atom is -0.396 e. The Morgan fingerprint density at radius 1 is 1.12 bits per heavy atom. The van der Waals surface area contributed by atoms with Gasteiger partial charge in [0.2, 0.25) is 0 Å². The van der Waals surface area contributed by atoms with E-state index >= 15 is 0 Å². The summed E-state index contributed by atoms with van der Waals surface area (Å²) in [6.07, 6.45) is 6.36. The van der Waals surface area contributed by atoms with Gasteiger partial charge in [0.25, 0.3) is 0 Å². The molecule has 0 aliphatic heterocycles. The zero-order valence-corrected chi connectivity index (χ0v) is 11.0. The molecule has 0 atom stereocenters. The summed E-state index contributed by atoms with van der Waals surface area (Å²) < 4.78 is 0.972. The molecule has 1 aromatic carbocycles. The van der Waals surface area contributed by atoms with Gasteiger partial charge >= 0.3 is 0 Å². The van der Waals surface area contributed by atoms with E-state index in [0.29, 0.717) is 6.61 Å². The van der Waals surface area contributed by atoms with Gasteiger partial charge in [-0.05, 0) is 5.56 Å². The van der Waals surface area contributed by atoms with Gasteiger partial charge in [-0.25, -0.2) is 0 Å². The maximum Gasteiger partial charge on any atom is 0.0817 e. The second kappa shape index (κ2) is 7.25. The molecule has 0 saturated carbocycles. The summed E-state index contributed by atoms with van der Waals surface area (Å²) in [6, 6.07) is 10.4. The molecule has 0 bridgehead atoms. The lowest BCUT2D eigenvalue weighted by molar-refractivity contribution is -0.890. The van der Waals surface area contributed by atoms with Crippen LogP contribution in [0.5, 0.6) is 0 Å². The van der Waals surface area contributed by atoms with Gasteiger partial charge in [0.05, 0.1) is 27.2 Å². The second-order valence-electron chi connectivity index (χ2n) is 5.06. The lowest BCUT2D eigenvalue weighted by Crippen LogP contribution is -2.41. The van der Waals surface area contributed by atoms with E-state index in [2.05, 4.69) is 50.5 Å². The van der Waals surface area contributed by atoms with Crippen LogP contribution in [0.3, 0.4) is 0 Å². The smallest absolute Gasteiger partial charge is 0.0817 e. The molecular formula is C15H24NO+. The van der Waals surface area contributed by atoms with Gasteiger partial charge in [-0.1, -0.05) is 42.5 Å². The molecule has 94 valence electrons. The highest BCUT2D eigenvalue weighted by molar-refractivity contribution is 5.48. The largest absolute Gasteiger partial charge is 0.396 e. The van der Waals surface area contributed by atoms with Crippen molar-refractivity contribution in [3.05, 3.63) is 42.0 Å². The third-order valence-electron chi connectivity index (χ3n) is 2.93. The average Bonchev–Trinajstić information content (AvgIpc) is 2.34. The molecule has 0 fully saturated rings. The van der Waals surface area contributed by atoms with E-state index < -0.39 is 0 Å². The molecule has 2 nitrogen and oxygen atoms in total. The summed E-state index contributed by atoms with van der Waals surface area (Å²) in [5.41, 5.74) is 1.26. The number of rotatable bonds is 7. The monoisotopic (exact) mass is 234 g/mol. The van der Waals surface area contributed by atoms with Gasteiger partial charge < -0.3 is 9.59 Å². The van der Waals surface area contributed by atoms with Crippen LogP contribution in [0.4, 0.5) is 0 Å². The third kappa shape index (κ3) is 6.25. The van der Waals surface area contributed by atoms with Crippen LogP contribution in [0.25, 0.3) is 6.08 Å². The Kier molecular flexibility index (Phi) is 5.95. The van der Waals surface area contributed by atoms with E-state index in [1.165, 1.54) is 5.56 Å². The standard InChI is InChI=1S/C15H24NO/c1-16(2,13-8-14-17)12-7-6-11-15-9-4-3-5-10-15/h3-6,9-11,17H,7-8,12-14H2,1-2H3/q+1. The maximum absolute atomic E-state index is 8.83.